The molecule has 0 fully saturated rings. The van der Waals surface area contributed by atoms with E-state index in [-0.39, 0.29) is 28.9 Å². The van der Waals surface area contributed by atoms with Crippen molar-refractivity contribution in [1.82, 2.24) is 0 Å². The summed E-state index contributed by atoms with van der Waals surface area (Å²) in [6, 6.07) is 2.23. The molecule has 0 bridgehead atoms. The van der Waals surface area contributed by atoms with Crippen molar-refractivity contribution in [3.05, 3.63) is 27.9 Å². The maximum absolute atomic E-state index is 12.8. The molecule has 0 aliphatic heterocycles. The molecule has 0 aliphatic rings. The van der Waals surface area contributed by atoms with Crippen molar-refractivity contribution in [3.63, 3.8) is 0 Å². The van der Waals surface area contributed by atoms with E-state index >= 15 is 0 Å². The first kappa shape index (κ1) is 11.9. The topological polar surface area (TPSA) is 37.4 Å². The van der Waals surface area contributed by atoms with Crippen LogP contribution in [0, 0.1) is 11.2 Å². The molecular weight excluding hydrogens is 218 g/mol. The number of methoxy groups -OCH3 is 1. The summed E-state index contributed by atoms with van der Waals surface area (Å²) in [6.45, 7) is 0. The van der Waals surface area contributed by atoms with Crippen LogP contribution < -0.4 is 17.1 Å². The molecule has 0 aromatic heterocycles. The van der Waals surface area contributed by atoms with E-state index in [2.05, 4.69) is 4.98 Å². The number of hydrogen-bond acceptors (Lipinski definition) is 2. The Balaban J connectivity index is 0.00000144. The van der Waals surface area contributed by atoms with Crippen molar-refractivity contribution in [2.75, 3.05) is 7.11 Å². The highest BCUT2D eigenvalue weighted by Gasteiger charge is 2.17. The highest BCUT2D eigenvalue weighted by atomic mass is 35.5. The Kier molecular flexibility index (Phi) is 4.46. The van der Waals surface area contributed by atoms with E-state index in [1.807, 2.05) is 0 Å². The average Bonchev–Trinajstić information content (AvgIpc) is 2.05. The molecule has 6 heteroatoms. The van der Waals surface area contributed by atoms with Crippen molar-refractivity contribution < 1.29 is 21.5 Å². The summed E-state index contributed by atoms with van der Waals surface area (Å²) in [6.07, 6.45) is 0. The van der Waals surface area contributed by atoms with Gasteiger partial charge in [0.2, 0.25) is 11.2 Å². The van der Waals surface area contributed by atoms with Gasteiger partial charge in [0.1, 0.15) is 5.75 Å². The fourth-order valence-corrected chi connectivity index (χ4v) is 0.979. The van der Waals surface area contributed by atoms with Crippen LogP contribution in [0.25, 0.3) is 4.98 Å². The Hall–Kier alpha value is -1.05. The lowest BCUT2D eigenvalue weighted by atomic mass is 10.3. The predicted octanol–water partition coefficient (Wildman–Crippen LogP) is -0.0237. The van der Waals surface area contributed by atoms with Gasteiger partial charge in [0, 0.05) is 6.07 Å². The monoisotopic (exact) mass is 222 g/mol. The van der Waals surface area contributed by atoms with Gasteiger partial charge >= 0.3 is 5.69 Å². The molecule has 0 unspecified atom stereocenters. The van der Waals surface area contributed by atoms with Crippen molar-refractivity contribution in [2.24, 2.45) is 0 Å². The number of rotatable bonds is 1. The van der Waals surface area contributed by atoms with Crippen LogP contribution in [-0.4, -0.2) is 7.11 Å². The first-order valence-corrected chi connectivity index (χ1v) is 3.45. The van der Waals surface area contributed by atoms with Gasteiger partial charge in [0.15, 0.2) is 4.98 Å². The first-order chi connectivity index (χ1) is 5.69. The minimum Gasteiger partial charge on any atom is -1.00 e. The Morgan fingerprint density at radius 3 is 2.62 bits per heavy atom. The van der Waals surface area contributed by atoms with Gasteiger partial charge in [-0.2, -0.15) is 4.39 Å². The van der Waals surface area contributed by atoms with Crippen molar-refractivity contribution in [2.45, 2.75) is 0 Å². The Bertz CT molecular complexity index is 351. The van der Waals surface area contributed by atoms with Crippen LogP contribution in [0.2, 0.25) is 5.02 Å². The summed E-state index contributed by atoms with van der Waals surface area (Å²) in [7, 11) is 1.39. The number of diazo groups is 1. The van der Waals surface area contributed by atoms with Gasteiger partial charge in [-0.1, -0.05) is 11.6 Å². The molecule has 0 spiro atoms. The average molecular weight is 223 g/mol. The van der Waals surface area contributed by atoms with Gasteiger partial charge in [-0.15, -0.1) is 0 Å². The normalized spacial score (nSPS) is 8.46. The van der Waals surface area contributed by atoms with Gasteiger partial charge in [-0.25, -0.2) is 0 Å². The van der Waals surface area contributed by atoms with Gasteiger partial charge in [-0.05, 0) is 0 Å². The smallest absolute Gasteiger partial charge is 0.424 e. The molecule has 1 aromatic rings. The van der Waals surface area contributed by atoms with Crippen LogP contribution in [-0.2, 0) is 0 Å². The van der Waals surface area contributed by atoms with Gasteiger partial charge < -0.3 is 17.1 Å². The van der Waals surface area contributed by atoms with Crippen LogP contribution in [0.4, 0.5) is 10.1 Å². The minimum atomic E-state index is -0.691. The van der Waals surface area contributed by atoms with E-state index in [0.717, 1.165) is 6.07 Å². The molecule has 0 radical (unpaired) electrons. The lowest BCUT2D eigenvalue weighted by Gasteiger charge is -1.98. The maximum atomic E-state index is 12.8. The third-order valence-electron chi connectivity index (χ3n) is 1.33. The van der Waals surface area contributed by atoms with E-state index in [1.165, 1.54) is 13.2 Å². The van der Waals surface area contributed by atoms with Crippen LogP contribution >= 0.6 is 11.6 Å². The van der Waals surface area contributed by atoms with Crippen molar-refractivity contribution >= 4 is 17.3 Å². The zero-order valence-corrected chi connectivity index (χ0v) is 8.10. The summed E-state index contributed by atoms with van der Waals surface area (Å²) < 4.78 is 17.5. The lowest BCUT2D eigenvalue weighted by molar-refractivity contribution is -0.00000347. The second-order valence-electron chi connectivity index (χ2n) is 2.04. The summed E-state index contributed by atoms with van der Waals surface area (Å²) in [5, 5.41) is 8.46. The number of halogens is 3. The zero-order valence-electron chi connectivity index (χ0n) is 6.59. The van der Waals surface area contributed by atoms with E-state index in [4.69, 9.17) is 21.7 Å². The largest absolute Gasteiger partial charge is 1.00 e. The van der Waals surface area contributed by atoms with Crippen LogP contribution in [0.3, 0.4) is 0 Å². The number of benzene rings is 1. The Labute approximate surface area is 85.5 Å². The molecule has 0 amide bonds. The molecule has 1 aromatic carbocycles. The zero-order chi connectivity index (χ0) is 9.14. The molecule has 0 saturated carbocycles. The highest BCUT2D eigenvalue weighted by molar-refractivity contribution is 6.32. The second-order valence-corrected chi connectivity index (χ2v) is 2.45. The number of nitrogens with zero attached hydrogens (tertiary/aromatic N) is 2. The van der Waals surface area contributed by atoms with Gasteiger partial charge in [0.05, 0.1) is 18.2 Å². The molecule has 70 valence electrons. The standard InChI is InChI=1S/C7H5ClFN2O.ClH/c1-12-7-3-6(11-10)5(9)2-4(7)8;/h2-3H,1H3;1H/q+1;/p-1. The summed E-state index contributed by atoms with van der Waals surface area (Å²) in [4.78, 5) is 2.71. The Morgan fingerprint density at radius 2 is 2.15 bits per heavy atom. The molecule has 13 heavy (non-hydrogen) atoms. The fourth-order valence-electron chi connectivity index (χ4n) is 0.751. The second kappa shape index (κ2) is 4.85. The van der Waals surface area contributed by atoms with Crippen LogP contribution in [0.5, 0.6) is 5.75 Å². The van der Waals surface area contributed by atoms with E-state index in [1.54, 1.807) is 0 Å². The first-order valence-electron chi connectivity index (χ1n) is 3.07. The van der Waals surface area contributed by atoms with Gasteiger partial charge in [-0.3, -0.25) is 0 Å². The van der Waals surface area contributed by atoms with Crippen LogP contribution in [0.1, 0.15) is 0 Å². The van der Waals surface area contributed by atoms with Gasteiger partial charge in [0.25, 0.3) is 0 Å². The Morgan fingerprint density at radius 1 is 1.54 bits per heavy atom. The molecular formula is C7H5Cl2FN2O. The van der Waals surface area contributed by atoms with Crippen molar-refractivity contribution in [1.29, 1.82) is 5.39 Å². The fraction of sp³-hybridized carbons (Fsp3) is 0.143. The van der Waals surface area contributed by atoms with E-state index in [0.29, 0.717) is 0 Å². The lowest BCUT2D eigenvalue weighted by Crippen LogP contribution is -3.00. The quantitative estimate of drug-likeness (QED) is 0.627. The SMILES string of the molecule is COc1cc([N+]#N)c(F)cc1Cl.[Cl-]. The summed E-state index contributed by atoms with van der Waals surface area (Å²) in [5.74, 6) is -0.422. The molecule has 0 N–H and O–H groups in total. The highest BCUT2D eigenvalue weighted by Crippen LogP contribution is 2.31. The molecule has 0 saturated heterocycles. The summed E-state index contributed by atoms with van der Waals surface area (Å²) in [5.41, 5.74) is -0.198. The van der Waals surface area contributed by atoms with Crippen LogP contribution in [0.15, 0.2) is 12.1 Å². The third-order valence-corrected chi connectivity index (χ3v) is 1.62. The number of ether oxygens (including phenoxy) is 1. The van der Waals surface area contributed by atoms with Crippen molar-refractivity contribution in [3.8, 4) is 5.75 Å². The summed E-state index contributed by atoms with van der Waals surface area (Å²) >= 11 is 5.57. The molecule has 3 nitrogen and oxygen atoms in total. The molecule has 0 aliphatic carbocycles. The minimum absolute atomic E-state index is 0. The molecule has 0 atom stereocenters. The molecule has 1 rings (SSSR count). The maximum Gasteiger partial charge on any atom is 0.424 e. The number of hydrogen-bond donors (Lipinski definition) is 0. The van der Waals surface area contributed by atoms with E-state index < -0.39 is 5.82 Å². The third kappa shape index (κ3) is 2.44. The molecule has 0 heterocycles. The predicted molar refractivity (Wildman–Crippen MR) is 42.7 cm³/mol. The van der Waals surface area contributed by atoms with E-state index in [9.17, 15) is 4.39 Å².